The number of nitrogens with zero attached hydrogens (tertiary/aromatic N) is 4. The number of rotatable bonds is 5. The van der Waals surface area contributed by atoms with E-state index in [1.54, 1.807) is 37.1 Å². The summed E-state index contributed by atoms with van der Waals surface area (Å²) in [6.07, 6.45) is 0.296. The van der Waals surface area contributed by atoms with Crippen LogP contribution < -0.4 is 10.2 Å². The van der Waals surface area contributed by atoms with Crippen molar-refractivity contribution in [2.45, 2.75) is 38.0 Å². The van der Waals surface area contributed by atoms with Crippen molar-refractivity contribution in [3.8, 4) is 22.9 Å². The smallest absolute Gasteiger partial charge is 0.164 e. The van der Waals surface area contributed by atoms with Crippen LogP contribution in [0.4, 0.5) is 11.5 Å². The molecule has 1 saturated heterocycles. The van der Waals surface area contributed by atoms with Gasteiger partial charge in [0.2, 0.25) is 0 Å². The van der Waals surface area contributed by atoms with Gasteiger partial charge < -0.3 is 24.3 Å². The Bertz CT molecular complexity index is 1250. The van der Waals surface area contributed by atoms with Crippen molar-refractivity contribution in [1.82, 2.24) is 9.58 Å². The highest BCUT2D eigenvalue weighted by molar-refractivity contribution is 5.78. The van der Waals surface area contributed by atoms with Gasteiger partial charge in [-0.05, 0) is 48.9 Å². The van der Waals surface area contributed by atoms with E-state index in [9.17, 15) is 10.2 Å². The number of anilines is 1. The topological polar surface area (TPSA) is 115 Å². The zero-order chi connectivity index (χ0) is 23.8. The third-order valence-corrected chi connectivity index (χ3v) is 6.19. The molecule has 3 heterocycles. The SMILES string of the molecule is COc1ccc(-c2cn([C@@H]3O[C@H](C)[C@@H](O)[C@H]3O)c3c2CN(Nc2ccc(C#N)cc2)C=N3)cc1. The first kappa shape index (κ1) is 22.0. The second kappa shape index (κ2) is 8.83. The van der Waals surface area contributed by atoms with E-state index in [-0.39, 0.29) is 0 Å². The maximum absolute atomic E-state index is 10.6. The Hall–Kier alpha value is -3.84. The van der Waals surface area contributed by atoms with E-state index in [0.717, 1.165) is 28.1 Å². The maximum atomic E-state index is 10.6. The highest BCUT2D eigenvalue weighted by atomic mass is 16.6. The molecule has 174 valence electrons. The minimum absolute atomic E-state index is 0.494. The molecule has 34 heavy (non-hydrogen) atoms. The number of aliphatic hydroxyl groups excluding tert-OH is 2. The summed E-state index contributed by atoms with van der Waals surface area (Å²) in [6, 6.07) is 17.0. The molecule has 1 aromatic heterocycles. The molecule has 5 rings (SSSR count). The van der Waals surface area contributed by atoms with Gasteiger partial charge in [0.1, 0.15) is 30.1 Å². The number of hydrogen-bond donors (Lipinski definition) is 3. The number of benzene rings is 2. The average molecular weight is 460 g/mol. The standard InChI is InChI=1S/C25H25N5O4/c1-15-22(31)23(32)25(34-15)30-13-20(17-5-9-19(33-2)10-6-17)21-12-29(14-27-24(21)30)28-18-7-3-16(11-26)4-8-18/h3-10,13-15,22-23,25,28,31-32H,12H2,1-2H3/t15-,22-,23-,25-/m1/s1. The molecule has 0 aliphatic carbocycles. The summed E-state index contributed by atoms with van der Waals surface area (Å²) in [4.78, 5) is 4.66. The Kier molecular flexibility index (Phi) is 5.71. The normalized spacial score (nSPS) is 23.4. The number of hydrogen-bond acceptors (Lipinski definition) is 8. The lowest BCUT2D eigenvalue weighted by Gasteiger charge is -2.26. The van der Waals surface area contributed by atoms with Crippen molar-refractivity contribution in [2.24, 2.45) is 4.99 Å². The molecule has 2 aliphatic rings. The molecule has 4 atom stereocenters. The van der Waals surface area contributed by atoms with Gasteiger partial charge in [0.05, 0.1) is 37.1 Å². The van der Waals surface area contributed by atoms with Gasteiger partial charge >= 0.3 is 0 Å². The first-order valence-corrected chi connectivity index (χ1v) is 11.0. The van der Waals surface area contributed by atoms with Crippen molar-refractivity contribution in [1.29, 1.82) is 5.26 Å². The average Bonchev–Trinajstić information content (AvgIpc) is 3.36. The molecule has 9 heteroatoms. The number of hydrazine groups is 1. The molecule has 9 nitrogen and oxygen atoms in total. The quantitative estimate of drug-likeness (QED) is 0.537. The van der Waals surface area contributed by atoms with Crippen molar-refractivity contribution in [3.05, 3.63) is 65.9 Å². The van der Waals surface area contributed by atoms with E-state index < -0.39 is 24.5 Å². The Labute approximate surface area is 197 Å². The first-order valence-electron chi connectivity index (χ1n) is 11.0. The summed E-state index contributed by atoms with van der Waals surface area (Å²) in [6.45, 7) is 2.23. The van der Waals surface area contributed by atoms with Crippen LogP contribution in [-0.4, -0.2) is 51.5 Å². The number of aliphatic imine (C=N–C) groups is 1. The van der Waals surface area contributed by atoms with Gasteiger partial charge in [-0.3, -0.25) is 10.4 Å². The summed E-state index contributed by atoms with van der Waals surface area (Å²) in [5, 5.41) is 31.7. The van der Waals surface area contributed by atoms with E-state index in [2.05, 4.69) is 16.5 Å². The summed E-state index contributed by atoms with van der Waals surface area (Å²) >= 11 is 0. The minimum Gasteiger partial charge on any atom is -0.497 e. The van der Waals surface area contributed by atoms with Gasteiger partial charge in [0, 0.05) is 17.3 Å². The van der Waals surface area contributed by atoms with E-state index in [1.165, 1.54) is 0 Å². The number of fused-ring (bicyclic) bond motifs is 1. The highest BCUT2D eigenvalue weighted by Crippen LogP contribution is 2.41. The number of aromatic nitrogens is 1. The maximum Gasteiger partial charge on any atom is 0.164 e. The Balaban J connectivity index is 1.51. The minimum atomic E-state index is -1.07. The van der Waals surface area contributed by atoms with Crippen LogP contribution in [0.2, 0.25) is 0 Å². The second-order valence-electron chi connectivity index (χ2n) is 8.37. The number of nitriles is 1. The van der Waals surface area contributed by atoms with Gasteiger partial charge in [-0.15, -0.1) is 0 Å². The molecule has 0 spiro atoms. The fraction of sp³-hybridized carbons (Fsp3) is 0.280. The lowest BCUT2D eigenvalue weighted by molar-refractivity contribution is -0.0308. The van der Waals surface area contributed by atoms with E-state index in [0.29, 0.717) is 17.9 Å². The van der Waals surface area contributed by atoms with Crippen molar-refractivity contribution < 1.29 is 19.7 Å². The molecule has 0 saturated carbocycles. The molecule has 0 radical (unpaired) electrons. The van der Waals surface area contributed by atoms with Crippen LogP contribution >= 0.6 is 0 Å². The lowest BCUT2D eigenvalue weighted by atomic mass is 10.0. The van der Waals surface area contributed by atoms with Gasteiger partial charge in [0.15, 0.2) is 6.23 Å². The van der Waals surface area contributed by atoms with Crippen LogP contribution in [0.3, 0.4) is 0 Å². The summed E-state index contributed by atoms with van der Waals surface area (Å²) in [7, 11) is 1.63. The Morgan fingerprint density at radius 3 is 2.47 bits per heavy atom. The van der Waals surface area contributed by atoms with Crippen LogP contribution in [0.25, 0.3) is 11.1 Å². The summed E-state index contributed by atoms with van der Waals surface area (Å²) in [5.74, 6) is 1.42. The third-order valence-electron chi connectivity index (χ3n) is 6.19. The molecule has 1 fully saturated rings. The molecule has 0 bridgehead atoms. The van der Waals surface area contributed by atoms with E-state index in [1.807, 2.05) is 47.6 Å². The number of aliphatic hydroxyl groups is 2. The fourth-order valence-corrected chi connectivity index (χ4v) is 4.31. The zero-order valence-electron chi connectivity index (χ0n) is 18.8. The molecular weight excluding hydrogens is 434 g/mol. The van der Waals surface area contributed by atoms with Crippen molar-refractivity contribution in [3.63, 3.8) is 0 Å². The van der Waals surface area contributed by atoms with Gasteiger partial charge in [0.25, 0.3) is 0 Å². The van der Waals surface area contributed by atoms with Crippen LogP contribution in [0.1, 0.15) is 24.3 Å². The zero-order valence-corrected chi connectivity index (χ0v) is 18.8. The molecular formula is C25H25N5O4. The lowest BCUT2D eigenvalue weighted by Crippen LogP contribution is -2.31. The highest BCUT2D eigenvalue weighted by Gasteiger charge is 2.42. The predicted octanol–water partition coefficient (Wildman–Crippen LogP) is 3.18. The van der Waals surface area contributed by atoms with E-state index >= 15 is 0 Å². The fourth-order valence-electron chi connectivity index (χ4n) is 4.31. The van der Waals surface area contributed by atoms with Crippen LogP contribution in [0.15, 0.2) is 59.7 Å². The molecule has 2 aromatic carbocycles. The molecule has 0 unspecified atom stereocenters. The molecule has 2 aliphatic heterocycles. The van der Waals surface area contributed by atoms with Crippen LogP contribution in [0, 0.1) is 11.3 Å². The van der Waals surface area contributed by atoms with Crippen molar-refractivity contribution >= 4 is 17.8 Å². The summed E-state index contributed by atoms with van der Waals surface area (Å²) < 4.78 is 13.0. The Morgan fingerprint density at radius 1 is 1.12 bits per heavy atom. The van der Waals surface area contributed by atoms with Crippen LogP contribution in [-0.2, 0) is 11.3 Å². The number of ether oxygens (including phenoxy) is 2. The van der Waals surface area contributed by atoms with Crippen molar-refractivity contribution in [2.75, 3.05) is 12.5 Å². The van der Waals surface area contributed by atoms with Crippen LogP contribution in [0.5, 0.6) is 5.75 Å². The number of nitrogens with one attached hydrogen (secondary N) is 1. The molecule has 0 amide bonds. The summed E-state index contributed by atoms with van der Waals surface area (Å²) in [5.41, 5.74) is 7.55. The predicted molar refractivity (Wildman–Crippen MR) is 126 cm³/mol. The third kappa shape index (κ3) is 3.88. The van der Waals surface area contributed by atoms with E-state index in [4.69, 9.17) is 14.7 Å². The second-order valence-corrected chi connectivity index (χ2v) is 8.37. The Morgan fingerprint density at radius 2 is 1.85 bits per heavy atom. The molecule has 3 aromatic rings. The van der Waals surface area contributed by atoms with Gasteiger partial charge in [-0.1, -0.05) is 12.1 Å². The monoisotopic (exact) mass is 459 g/mol. The number of methoxy groups -OCH3 is 1. The largest absolute Gasteiger partial charge is 0.497 e. The first-order chi connectivity index (χ1) is 16.5. The molecule has 3 N–H and O–H groups in total. The van der Waals surface area contributed by atoms with Gasteiger partial charge in [-0.2, -0.15) is 5.26 Å². The van der Waals surface area contributed by atoms with Gasteiger partial charge in [-0.25, -0.2) is 4.99 Å².